The predicted octanol–water partition coefficient (Wildman–Crippen LogP) is 3.27. The molecule has 2 atom stereocenters. The Balaban J connectivity index is 1.51. The van der Waals surface area contributed by atoms with Crippen molar-refractivity contribution in [3.63, 3.8) is 0 Å². The van der Waals surface area contributed by atoms with Crippen molar-refractivity contribution in [2.24, 2.45) is 5.92 Å². The first kappa shape index (κ1) is 18.1. The zero-order valence-electron chi connectivity index (χ0n) is 14.7. The lowest BCUT2D eigenvalue weighted by atomic mass is 9.86. The molecule has 0 spiro atoms. The lowest BCUT2D eigenvalue weighted by Gasteiger charge is -2.30. The van der Waals surface area contributed by atoms with E-state index in [9.17, 15) is 9.59 Å². The molecule has 136 valence electrons. The molecule has 1 aliphatic carbocycles. The van der Waals surface area contributed by atoms with Crippen LogP contribution in [0.3, 0.4) is 0 Å². The molecule has 25 heavy (non-hydrogen) atoms. The molecule has 1 aliphatic heterocycles. The Kier molecular flexibility index (Phi) is 5.84. The fourth-order valence-electron chi connectivity index (χ4n) is 3.71. The van der Waals surface area contributed by atoms with Gasteiger partial charge in [-0.05, 0) is 30.4 Å². The molecule has 1 saturated carbocycles. The van der Waals surface area contributed by atoms with Crippen molar-refractivity contribution >= 4 is 23.5 Å². The van der Waals surface area contributed by atoms with Crippen LogP contribution >= 0.6 is 11.6 Å². The lowest BCUT2D eigenvalue weighted by Crippen LogP contribution is -2.46. The van der Waals surface area contributed by atoms with E-state index in [4.69, 9.17) is 11.6 Å². The number of halogens is 1. The molecule has 0 bridgehead atoms. The molecule has 1 aromatic rings. The normalized spacial score (nSPS) is 23.8. The third-order valence-electron chi connectivity index (χ3n) is 5.29. The van der Waals surface area contributed by atoms with Crippen LogP contribution in [0.1, 0.15) is 38.2 Å². The van der Waals surface area contributed by atoms with E-state index in [-0.39, 0.29) is 24.5 Å². The van der Waals surface area contributed by atoms with Gasteiger partial charge in [-0.25, -0.2) is 4.79 Å². The number of rotatable bonds is 5. The Bertz CT molecular complexity index is 637. The Hall–Kier alpha value is -1.75. The van der Waals surface area contributed by atoms with Crippen LogP contribution in [0.4, 0.5) is 4.79 Å². The Morgan fingerprint density at radius 3 is 2.68 bits per heavy atom. The van der Waals surface area contributed by atoms with Gasteiger partial charge in [0, 0.05) is 30.7 Å². The fraction of sp³-hybridized carbons (Fsp3) is 0.579. The lowest BCUT2D eigenvalue weighted by molar-refractivity contribution is -0.122. The van der Waals surface area contributed by atoms with Gasteiger partial charge in [0.25, 0.3) is 0 Å². The van der Waals surface area contributed by atoms with Crippen molar-refractivity contribution < 1.29 is 9.59 Å². The minimum absolute atomic E-state index is 0.0494. The van der Waals surface area contributed by atoms with E-state index in [1.165, 1.54) is 19.3 Å². The summed E-state index contributed by atoms with van der Waals surface area (Å²) in [5.74, 6) is 0.468. The number of benzene rings is 1. The second-order valence-electron chi connectivity index (χ2n) is 7.15. The minimum Gasteiger partial charge on any atom is -0.352 e. The quantitative estimate of drug-likeness (QED) is 0.872. The predicted molar refractivity (Wildman–Crippen MR) is 98.4 cm³/mol. The highest BCUT2D eigenvalue weighted by Crippen LogP contribution is 2.24. The molecule has 5 nitrogen and oxygen atoms in total. The maximum atomic E-state index is 12.5. The highest BCUT2D eigenvalue weighted by atomic mass is 35.5. The smallest absolute Gasteiger partial charge is 0.320 e. The summed E-state index contributed by atoms with van der Waals surface area (Å²) in [4.78, 5) is 28.2. The monoisotopic (exact) mass is 363 g/mol. The van der Waals surface area contributed by atoms with Gasteiger partial charge in [-0.2, -0.15) is 0 Å². The molecular formula is C19H26ClN3O2. The van der Waals surface area contributed by atoms with E-state index in [1.807, 2.05) is 24.3 Å². The van der Waals surface area contributed by atoms with Gasteiger partial charge in [0.15, 0.2) is 0 Å². The summed E-state index contributed by atoms with van der Waals surface area (Å²) in [5.41, 5.74) is 0.930. The van der Waals surface area contributed by atoms with E-state index in [0.717, 1.165) is 12.0 Å². The van der Waals surface area contributed by atoms with Crippen LogP contribution in [-0.4, -0.2) is 47.4 Å². The average molecular weight is 364 g/mol. The van der Waals surface area contributed by atoms with Crippen molar-refractivity contribution in [3.8, 4) is 0 Å². The number of carbonyl (C=O) groups is 2. The standard InChI is InChI=1S/C19H26ClN3O2/c1-14-6-2-5-9-17(14)21-18(24)13-23-11-10-22(19(23)25)12-15-7-3-4-8-16(15)20/h3-4,7-8,14,17H,2,5-6,9-13H2,1H3,(H,21,24)/t14-,17+/m1/s1. The Labute approximate surface area is 154 Å². The number of hydrogen-bond donors (Lipinski definition) is 1. The van der Waals surface area contributed by atoms with Crippen LogP contribution in [0, 0.1) is 5.92 Å². The van der Waals surface area contributed by atoms with Crippen LogP contribution in [-0.2, 0) is 11.3 Å². The molecule has 6 heteroatoms. The van der Waals surface area contributed by atoms with E-state index < -0.39 is 0 Å². The maximum Gasteiger partial charge on any atom is 0.320 e. The van der Waals surface area contributed by atoms with E-state index in [1.54, 1.807) is 9.80 Å². The average Bonchev–Trinajstić information content (AvgIpc) is 2.92. The molecule has 0 aromatic heterocycles. The topological polar surface area (TPSA) is 52.7 Å². The van der Waals surface area contributed by atoms with Gasteiger partial charge in [0.05, 0.1) is 0 Å². The highest BCUT2D eigenvalue weighted by molar-refractivity contribution is 6.31. The summed E-state index contributed by atoms with van der Waals surface area (Å²) in [7, 11) is 0. The molecule has 2 aliphatic rings. The molecular weight excluding hydrogens is 338 g/mol. The van der Waals surface area contributed by atoms with Crippen molar-refractivity contribution in [3.05, 3.63) is 34.9 Å². The largest absolute Gasteiger partial charge is 0.352 e. The number of nitrogens with zero attached hydrogens (tertiary/aromatic N) is 2. The zero-order chi connectivity index (χ0) is 17.8. The van der Waals surface area contributed by atoms with Crippen LogP contribution in [0.5, 0.6) is 0 Å². The number of urea groups is 1. The number of carbonyl (C=O) groups excluding carboxylic acids is 2. The number of amides is 3. The van der Waals surface area contributed by atoms with Gasteiger partial charge in [0.1, 0.15) is 6.54 Å². The van der Waals surface area contributed by atoms with Crippen LogP contribution < -0.4 is 5.32 Å². The maximum absolute atomic E-state index is 12.5. The third-order valence-corrected chi connectivity index (χ3v) is 5.66. The second-order valence-corrected chi connectivity index (χ2v) is 7.56. The van der Waals surface area contributed by atoms with Gasteiger partial charge in [0.2, 0.25) is 5.91 Å². The summed E-state index contributed by atoms with van der Waals surface area (Å²) in [6.07, 6.45) is 4.62. The van der Waals surface area contributed by atoms with E-state index in [0.29, 0.717) is 30.6 Å². The van der Waals surface area contributed by atoms with Crippen LogP contribution in [0.2, 0.25) is 5.02 Å². The number of nitrogens with one attached hydrogen (secondary N) is 1. The molecule has 0 unspecified atom stereocenters. The van der Waals surface area contributed by atoms with Crippen molar-refractivity contribution in [1.29, 1.82) is 0 Å². The van der Waals surface area contributed by atoms with Gasteiger partial charge < -0.3 is 15.1 Å². The summed E-state index contributed by atoms with van der Waals surface area (Å²) in [5, 5.41) is 3.78. The molecule has 1 N–H and O–H groups in total. The van der Waals surface area contributed by atoms with Crippen LogP contribution in [0.25, 0.3) is 0 Å². The third kappa shape index (κ3) is 4.46. The SMILES string of the molecule is C[C@@H]1CCCC[C@@H]1NC(=O)CN1CCN(Cc2ccccc2Cl)C1=O. The Morgan fingerprint density at radius 1 is 1.20 bits per heavy atom. The second kappa shape index (κ2) is 8.09. The number of hydrogen-bond acceptors (Lipinski definition) is 2. The zero-order valence-corrected chi connectivity index (χ0v) is 15.5. The van der Waals surface area contributed by atoms with Crippen molar-refractivity contribution in [2.45, 2.75) is 45.2 Å². The molecule has 1 heterocycles. The summed E-state index contributed by atoms with van der Waals surface area (Å²) < 4.78 is 0. The molecule has 3 rings (SSSR count). The molecule has 0 radical (unpaired) electrons. The molecule has 2 fully saturated rings. The van der Waals surface area contributed by atoms with Gasteiger partial charge in [-0.3, -0.25) is 4.79 Å². The Morgan fingerprint density at radius 2 is 1.92 bits per heavy atom. The summed E-state index contributed by atoms with van der Waals surface area (Å²) in [6.45, 7) is 4.02. The van der Waals surface area contributed by atoms with Gasteiger partial charge >= 0.3 is 6.03 Å². The summed E-state index contributed by atoms with van der Waals surface area (Å²) >= 11 is 6.18. The molecule has 3 amide bonds. The first-order valence-corrected chi connectivity index (χ1v) is 9.49. The highest BCUT2D eigenvalue weighted by Gasteiger charge is 2.31. The molecule has 1 saturated heterocycles. The first-order valence-electron chi connectivity index (χ1n) is 9.11. The van der Waals surface area contributed by atoms with E-state index in [2.05, 4.69) is 12.2 Å². The van der Waals surface area contributed by atoms with Crippen molar-refractivity contribution in [1.82, 2.24) is 15.1 Å². The first-order chi connectivity index (χ1) is 12.0. The van der Waals surface area contributed by atoms with Gasteiger partial charge in [-0.1, -0.05) is 49.6 Å². The van der Waals surface area contributed by atoms with Crippen molar-refractivity contribution in [2.75, 3.05) is 19.6 Å². The van der Waals surface area contributed by atoms with Gasteiger partial charge in [-0.15, -0.1) is 0 Å². The van der Waals surface area contributed by atoms with Crippen LogP contribution in [0.15, 0.2) is 24.3 Å². The molecule has 1 aromatic carbocycles. The van der Waals surface area contributed by atoms with E-state index >= 15 is 0 Å². The minimum atomic E-state index is -0.0910. The summed E-state index contributed by atoms with van der Waals surface area (Å²) in [6, 6.07) is 7.70. The fourth-order valence-corrected chi connectivity index (χ4v) is 3.91.